The number of H-pyrrole nitrogens is 1. The van der Waals surface area contributed by atoms with Crippen LogP contribution in [0.5, 0.6) is 0 Å². The number of halogens is 1. The van der Waals surface area contributed by atoms with Gasteiger partial charge in [-0.2, -0.15) is 10.2 Å². The number of rotatable bonds is 6. The molecule has 3 aromatic carbocycles. The number of amides is 1. The van der Waals surface area contributed by atoms with Crippen molar-refractivity contribution in [2.24, 2.45) is 0 Å². The molecule has 160 valence electrons. The van der Waals surface area contributed by atoms with Crippen LogP contribution in [0.15, 0.2) is 72.9 Å². The summed E-state index contributed by atoms with van der Waals surface area (Å²) in [6.07, 6.45) is 1.76. The molecule has 1 atom stereocenters. The summed E-state index contributed by atoms with van der Waals surface area (Å²) in [5, 5.41) is 26.0. The molecule has 5 aromatic rings. The van der Waals surface area contributed by atoms with Crippen molar-refractivity contribution in [3.05, 3.63) is 84.3 Å². The highest BCUT2D eigenvalue weighted by molar-refractivity contribution is 6.01. The molecule has 0 aliphatic rings. The van der Waals surface area contributed by atoms with E-state index in [1.165, 1.54) is 12.1 Å². The van der Waals surface area contributed by atoms with E-state index in [4.69, 9.17) is 0 Å². The Morgan fingerprint density at radius 3 is 2.84 bits per heavy atom. The van der Waals surface area contributed by atoms with Gasteiger partial charge in [0.25, 0.3) is 5.91 Å². The third-order valence-corrected chi connectivity index (χ3v) is 5.42. The number of para-hydroxylation sites is 1. The van der Waals surface area contributed by atoms with Gasteiger partial charge < -0.3 is 10.4 Å². The predicted octanol–water partition coefficient (Wildman–Crippen LogP) is 3.51. The van der Waals surface area contributed by atoms with Gasteiger partial charge in [0.05, 0.1) is 36.4 Å². The summed E-state index contributed by atoms with van der Waals surface area (Å²) in [6, 6.07) is 18.5. The lowest BCUT2D eigenvalue weighted by Gasteiger charge is -2.17. The van der Waals surface area contributed by atoms with E-state index >= 15 is 0 Å². The Bertz CT molecular complexity index is 1420. The second kappa shape index (κ2) is 8.24. The quantitative estimate of drug-likeness (QED) is 0.385. The molecule has 32 heavy (non-hydrogen) atoms. The third-order valence-electron chi connectivity index (χ3n) is 5.42. The molecule has 0 radical (unpaired) electrons. The maximum atomic E-state index is 13.7. The molecule has 3 N–H and O–H groups in total. The first-order valence-corrected chi connectivity index (χ1v) is 10.2. The van der Waals surface area contributed by atoms with Gasteiger partial charge in [0.15, 0.2) is 0 Å². The molecule has 0 bridgehead atoms. The number of nitrogens with one attached hydrogen (secondary N) is 2. The summed E-state index contributed by atoms with van der Waals surface area (Å²) in [6.45, 7) is 0.0979. The van der Waals surface area contributed by atoms with E-state index in [1.807, 2.05) is 24.3 Å². The van der Waals surface area contributed by atoms with Crippen molar-refractivity contribution in [1.29, 1.82) is 0 Å². The van der Waals surface area contributed by atoms with Gasteiger partial charge in [-0.25, -0.2) is 4.39 Å². The molecule has 1 unspecified atom stereocenters. The van der Waals surface area contributed by atoms with Crippen molar-refractivity contribution < 1.29 is 14.3 Å². The van der Waals surface area contributed by atoms with Gasteiger partial charge in [-0.3, -0.25) is 14.6 Å². The van der Waals surface area contributed by atoms with Crippen LogP contribution in [0.3, 0.4) is 0 Å². The number of hydrogen-bond donors (Lipinski definition) is 3. The second-order valence-electron chi connectivity index (χ2n) is 7.58. The maximum absolute atomic E-state index is 13.7. The van der Waals surface area contributed by atoms with E-state index in [2.05, 4.69) is 20.6 Å². The molecule has 7 nitrogen and oxygen atoms in total. The molecule has 0 aliphatic heterocycles. The fraction of sp³-hybridized carbons (Fsp3) is 0.125. The number of carbonyl (C=O) groups is 1. The summed E-state index contributed by atoms with van der Waals surface area (Å²) < 4.78 is 15.4. The topological polar surface area (TPSA) is 95.8 Å². The van der Waals surface area contributed by atoms with Crippen LogP contribution in [0.25, 0.3) is 33.1 Å². The first-order chi connectivity index (χ1) is 15.6. The Labute approximate surface area is 182 Å². The van der Waals surface area contributed by atoms with E-state index in [0.717, 1.165) is 16.4 Å². The first-order valence-electron chi connectivity index (χ1n) is 10.2. The predicted molar refractivity (Wildman–Crippen MR) is 120 cm³/mol. The van der Waals surface area contributed by atoms with Crippen molar-refractivity contribution in [2.75, 3.05) is 6.61 Å². The first kappa shape index (κ1) is 19.9. The summed E-state index contributed by atoms with van der Waals surface area (Å²) >= 11 is 0. The molecule has 1 amide bonds. The van der Waals surface area contributed by atoms with E-state index in [9.17, 15) is 14.3 Å². The normalized spacial score (nSPS) is 12.3. The van der Waals surface area contributed by atoms with Gasteiger partial charge >= 0.3 is 0 Å². The minimum Gasteiger partial charge on any atom is -0.394 e. The van der Waals surface area contributed by atoms with Crippen LogP contribution in [-0.2, 0) is 6.54 Å². The smallest absolute Gasteiger partial charge is 0.251 e. The van der Waals surface area contributed by atoms with Crippen LogP contribution in [-0.4, -0.2) is 43.6 Å². The fourth-order valence-corrected chi connectivity index (χ4v) is 3.81. The number of hydrogen-bond acceptors (Lipinski definition) is 4. The van der Waals surface area contributed by atoms with Crippen LogP contribution >= 0.6 is 0 Å². The van der Waals surface area contributed by atoms with Gasteiger partial charge in [-0.1, -0.05) is 30.3 Å². The number of aromatic nitrogens is 4. The van der Waals surface area contributed by atoms with E-state index < -0.39 is 6.04 Å². The Balaban J connectivity index is 1.39. The zero-order valence-corrected chi connectivity index (χ0v) is 17.0. The summed E-state index contributed by atoms with van der Waals surface area (Å²) in [4.78, 5) is 12.9. The Kier molecular flexibility index (Phi) is 5.12. The average molecular weight is 429 g/mol. The molecule has 2 heterocycles. The Morgan fingerprint density at radius 2 is 2.00 bits per heavy atom. The van der Waals surface area contributed by atoms with Gasteiger partial charge in [-0.15, -0.1) is 0 Å². The minimum absolute atomic E-state index is 0.234. The Morgan fingerprint density at radius 1 is 1.12 bits per heavy atom. The summed E-state index contributed by atoms with van der Waals surface area (Å²) in [5.74, 6) is -0.682. The SMILES string of the molecule is O=C(NC(CO)Cn1ncc2ccccc21)c1ccc2[nH]nc(-c3cccc(F)c3)c2c1. The molecule has 0 spiro atoms. The van der Waals surface area contributed by atoms with Crippen LogP contribution < -0.4 is 5.32 Å². The molecular weight excluding hydrogens is 409 g/mol. The lowest BCUT2D eigenvalue weighted by atomic mass is 10.0. The molecule has 0 saturated heterocycles. The molecule has 8 heteroatoms. The lowest BCUT2D eigenvalue weighted by Crippen LogP contribution is -2.40. The third kappa shape index (κ3) is 3.72. The van der Waals surface area contributed by atoms with Crippen molar-refractivity contribution >= 4 is 27.7 Å². The number of benzene rings is 3. The van der Waals surface area contributed by atoms with Crippen molar-refractivity contribution in [3.63, 3.8) is 0 Å². The van der Waals surface area contributed by atoms with Crippen LogP contribution in [0.1, 0.15) is 10.4 Å². The molecule has 5 rings (SSSR count). The molecule has 2 aromatic heterocycles. The van der Waals surface area contributed by atoms with Gasteiger partial charge in [-0.05, 0) is 36.4 Å². The molecular formula is C24H20FN5O2. The number of aliphatic hydroxyl groups is 1. The van der Waals surface area contributed by atoms with Gasteiger partial charge in [0, 0.05) is 21.9 Å². The summed E-state index contributed by atoms with van der Waals surface area (Å²) in [5.41, 5.74) is 3.27. The van der Waals surface area contributed by atoms with Crippen LogP contribution in [0.4, 0.5) is 4.39 Å². The number of aromatic amines is 1. The van der Waals surface area contributed by atoms with Crippen molar-refractivity contribution in [2.45, 2.75) is 12.6 Å². The molecule has 0 aliphatic carbocycles. The van der Waals surface area contributed by atoms with E-state index in [1.54, 1.807) is 41.2 Å². The lowest BCUT2D eigenvalue weighted by molar-refractivity contribution is 0.0909. The highest BCUT2D eigenvalue weighted by atomic mass is 19.1. The average Bonchev–Trinajstić information content (AvgIpc) is 3.42. The minimum atomic E-state index is -0.520. The zero-order valence-electron chi connectivity index (χ0n) is 17.0. The molecule has 0 fully saturated rings. The van der Waals surface area contributed by atoms with E-state index in [-0.39, 0.29) is 18.3 Å². The van der Waals surface area contributed by atoms with E-state index in [0.29, 0.717) is 28.8 Å². The fourth-order valence-electron chi connectivity index (χ4n) is 3.81. The maximum Gasteiger partial charge on any atom is 0.251 e. The molecule has 0 saturated carbocycles. The Hall–Kier alpha value is -4.04. The monoisotopic (exact) mass is 429 g/mol. The van der Waals surface area contributed by atoms with Crippen molar-refractivity contribution in [1.82, 2.24) is 25.3 Å². The van der Waals surface area contributed by atoms with Crippen LogP contribution in [0, 0.1) is 5.82 Å². The van der Waals surface area contributed by atoms with Crippen molar-refractivity contribution in [3.8, 4) is 11.3 Å². The highest BCUT2D eigenvalue weighted by Gasteiger charge is 2.17. The summed E-state index contributed by atoms with van der Waals surface area (Å²) in [7, 11) is 0. The second-order valence-corrected chi connectivity index (χ2v) is 7.58. The number of aliphatic hydroxyl groups excluding tert-OH is 1. The highest BCUT2D eigenvalue weighted by Crippen LogP contribution is 2.27. The number of nitrogens with zero attached hydrogens (tertiary/aromatic N) is 3. The standard InChI is InChI=1S/C24H20FN5O2/c25-18-6-3-5-15(10-18)23-20-11-16(8-9-21(20)28-29-23)24(32)27-19(14-31)13-30-22-7-2-1-4-17(22)12-26-30/h1-12,19,31H,13-14H2,(H,27,32)(H,28,29). The van der Waals surface area contributed by atoms with Crippen LogP contribution in [0.2, 0.25) is 0 Å². The largest absolute Gasteiger partial charge is 0.394 e. The number of carbonyl (C=O) groups excluding carboxylic acids is 1. The zero-order chi connectivity index (χ0) is 22.1. The van der Waals surface area contributed by atoms with Gasteiger partial charge in [0.2, 0.25) is 0 Å². The number of fused-ring (bicyclic) bond motifs is 2. The van der Waals surface area contributed by atoms with Gasteiger partial charge in [0.1, 0.15) is 11.5 Å².